The highest BCUT2D eigenvalue weighted by molar-refractivity contribution is 7.89. The van der Waals surface area contributed by atoms with Crippen molar-refractivity contribution in [2.75, 3.05) is 7.05 Å². The van der Waals surface area contributed by atoms with Crippen LogP contribution < -0.4 is 10.0 Å². The third-order valence-corrected chi connectivity index (χ3v) is 4.16. The zero-order chi connectivity index (χ0) is 13.9. The Bertz CT molecular complexity index is 644. The second-order valence-electron chi connectivity index (χ2n) is 4.24. The summed E-state index contributed by atoms with van der Waals surface area (Å²) in [6.45, 7) is 2.66. The number of aryl methyl sites for hydroxylation is 1. The van der Waals surface area contributed by atoms with E-state index in [2.05, 4.69) is 25.2 Å². The Morgan fingerprint density at radius 1 is 1.37 bits per heavy atom. The molecule has 2 aromatic rings. The number of aromatic amines is 2. The molecule has 0 aliphatic rings. The van der Waals surface area contributed by atoms with Crippen molar-refractivity contribution in [1.82, 2.24) is 25.2 Å². The Hall–Kier alpha value is -1.64. The van der Waals surface area contributed by atoms with Crippen LogP contribution in [0.3, 0.4) is 0 Å². The molecule has 0 bridgehead atoms. The van der Waals surface area contributed by atoms with Gasteiger partial charge in [-0.1, -0.05) is 0 Å². The summed E-state index contributed by atoms with van der Waals surface area (Å²) in [7, 11) is -1.70. The van der Waals surface area contributed by atoms with Crippen LogP contribution in [0.25, 0.3) is 0 Å². The molecule has 0 fully saturated rings. The lowest BCUT2D eigenvalue weighted by atomic mass is 10.3. The van der Waals surface area contributed by atoms with Crippen LogP contribution >= 0.6 is 0 Å². The summed E-state index contributed by atoms with van der Waals surface area (Å²) in [5, 5.41) is 9.57. The molecule has 19 heavy (non-hydrogen) atoms. The van der Waals surface area contributed by atoms with E-state index in [9.17, 15) is 8.42 Å². The van der Waals surface area contributed by atoms with Gasteiger partial charge in [0.1, 0.15) is 0 Å². The standard InChI is InChI=1S/C11H17N5O2S/c1-8-9(4-14-16-8)5-15-19(17,18)11-3-10(6-12-2)13-7-11/h3-4,7,12-13,15H,5-6H2,1-2H3,(H,14,16). The number of nitrogens with one attached hydrogen (secondary N) is 4. The first-order chi connectivity index (χ1) is 9.03. The maximum absolute atomic E-state index is 12.1. The second-order valence-corrected chi connectivity index (χ2v) is 6.00. The van der Waals surface area contributed by atoms with Gasteiger partial charge in [0.2, 0.25) is 10.0 Å². The fourth-order valence-electron chi connectivity index (χ4n) is 1.68. The van der Waals surface area contributed by atoms with Crippen molar-refractivity contribution in [2.45, 2.75) is 24.9 Å². The molecule has 0 saturated carbocycles. The van der Waals surface area contributed by atoms with Gasteiger partial charge < -0.3 is 10.3 Å². The van der Waals surface area contributed by atoms with Crippen LogP contribution in [-0.2, 0) is 23.1 Å². The minimum Gasteiger partial charge on any atom is -0.363 e. The lowest BCUT2D eigenvalue weighted by Gasteiger charge is -2.03. The molecular formula is C11H17N5O2S. The van der Waals surface area contributed by atoms with E-state index in [4.69, 9.17) is 0 Å². The van der Waals surface area contributed by atoms with Gasteiger partial charge in [0.15, 0.2) is 0 Å². The molecule has 0 atom stereocenters. The van der Waals surface area contributed by atoms with Crippen molar-refractivity contribution in [3.8, 4) is 0 Å². The zero-order valence-electron chi connectivity index (χ0n) is 10.8. The van der Waals surface area contributed by atoms with Crippen LogP contribution in [0.5, 0.6) is 0 Å². The lowest BCUT2D eigenvalue weighted by molar-refractivity contribution is 0.581. The van der Waals surface area contributed by atoms with Gasteiger partial charge in [-0.2, -0.15) is 5.10 Å². The first kappa shape index (κ1) is 13.8. The Morgan fingerprint density at radius 3 is 2.79 bits per heavy atom. The molecule has 0 aromatic carbocycles. The third kappa shape index (κ3) is 3.22. The van der Waals surface area contributed by atoms with E-state index in [1.807, 2.05) is 6.92 Å². The Balaban J connectivity index is 2.07. The first-order valence-corrected chi connectivity index (χ1v) is 7.31. The molecule has 0 spiro atoms. The first-order valence-electron chi connectivity index (χ1n) is 5.83. The highest BCUT2D eigenvalue weighted by Gasteiger charge is 2.16. The van der Waals surface area contributed by atoms with Crippen molar-refractivity contribution < 1.29 is 8.42 Å². The Labute approximate surface area is 111 Å². The summed E-state index contributed by atoms with van der Waals surface area (Å²) in [4.78, 5) is 3.15. The van der Waals surface area contributed by atoms with E-state index in [0.29, 0.717) is 6.54 Å². The van der Waals surface area contributed by atoms with Gasteiger partial charge in [-0.05, 0) is 20.0 Å². The van der Waals surface area contributed by atoms with Crippen LogP contribution in [0.15, 0.2) is 23.4 Å². The van der Waals surface area contributed by atoms with Gasteiger partial charge in [0.25, 0.3) is 0 Å². The SMILES string of the molecule is CNCc1cc(S(=O)(=O)NCc2cn[nH]c2C)c[nH]1. The van der Waals surface area contributed by atoms with E-state index in [1.165, 1.54) is 6.20 Å². The quantitative estimate of drug-likeness (QED) is 0.610. The smallest absolute Gasteiger partial charge is 0.242 e. The van der Waals surface area contributed by atoms with E-state index in [1.54, 1.807) is 19.3 Å². The molecule has 2 heterocycles. The summed E-state index contributed by atoms with van der Waals surface area (Å²) in [6, 6.07) is 1.61. The summed E-state index contributed by atoms with van der Waals surface area (Å²) in [6.07, 6.45) is 3.10. The van der Waals surface area contributed by atoms with Crippen molar-refractivity contribution in [1.29, 1.82) is 0 Å². The third-order valence-electron chi connectivity index (χ3n) is 2.78. The second kappa shape index (κ2) is 5.55. The van der Waals surface area contributed by atoms with Gasteiger partial charge in [-0.15, -0.1) is 0 Å². The number of hydrogen-bond acceptors (Lipinski definition) is 4. The van der Waals surface area contributed by atoms with E-state index < -0.39 is 10.0 Å². The van der Waals surface area contributed by atoms with E-state index in [0.717, 1.165) is 17.0 Å². The molecule has 2 rings (SSSR count). The van der Waals surface area contributed by atoms with Crippen molar-refractivity contribution in [3.63, 3.8) is 0 Å². The predicted molar refractivity (Wildman–Crippen MR) is 70.9 cm³/mol. The summed E-state index contributed by atoms with van der Waals surface area (Å²) in [5.41, 5.74) is 2.50. The number of rotatable bonds is 6. The molecule has 8 heteroatoms. The average Bonchev–Trinajstić information content (AvgIpc) is 2.97. The largest absolute Gasteiger partial charge is 0.363 e. The monoisotopic (exact) mass is 283 g/mol. The number of hydrogen-bond donors (Lipinski definition) is 4. The van der Waals surface area contributed by atoms with Crippen molar-refractivity contribution in [2.24, 2.45) is 0 Å². The molecule has 0 aliphatic heterocycles. The van der Waals surface area contributed by atoms with Crippen molar-refractivity contribution >= 4 is 10.0 Å². The molecule has 7 nitrogen and oxygen atoms in total. The molecular weight excluding hydrogens is 266 g/mol. The average molecular weight is 283 g/mol. The zero-order valence-corrected chi connectivity index (χ0v) is 11.6. The Morgan fingerprint density at radius 2 is 2.16 bits per heavy atom. The summed E-state index contributed by atoms with van der Waals surface area (Å²) < 4.78 is 26.7. The topological polar surface area (TPSA) is 103 Å². The highest BCUT2D eigenvalue weighted by Crippen LogP contribution is 2.11. The fourth-order valence-corrected chi connectivity index (χ4v) is 2.70. The van der Waals surface area contributed by atoms with Gasteiger partial charge in [0, 0.05) is 36.2 Å². The summed E-state index contributed by atoms with van der Waals surface area (Å²) >= 11 is 0. The number of H-pyrrole nitrogens is 2. The molecule has 0 radical (unpaired) electrons. The number of sulfonamides is 1. The van der Waals surface area contributed by atoms with Gasteiger partial charge in [-0.25, -0.2) is 13.1 Å². The minimum absolute atomic E-state index is 0.219. The van der Waals surface area contributed by atoms with E-state index >= 15 is 0 Å². The van der Waals surface area contributed by atoms with Crippen LogP contribution in [0.2, 0.25) is 0 Å². The van der Waals surface area contributed by atoms with Crippen LogP contribution in [0, 0.1) is 6.92 Å². The van der Waals surface area contributed by atoms with Crippen LogP contribution in [-0.4, -0.2) is 30.6 Å². The van der Waals surface area contributed by atoms with E-state index in [-0.39, 0.29) is 11.4 Å². The predicted octanol–water partition coefficient (Wildman–Crippen LogP) is 0.244. The number of aromatic nitrogens is 3. The molecule has 0 aliphatic carbocycles. The molecule has 0 saturated heterocycles. The lowest BCUT2D eigenvalue weighted by Crippen LogP contribution is -2.23. The minimum atomic E-state index is -3.50. The molecule has 0 unspecified atom stereocenters. The van der Waals surface area contributed by atoms with Gasteiger partial charge in [-0.3, -0.25) is 5.10 Å². The van der Waals surface area contributed by atoms with Crippen molar-refractivity contribution in [3.05, 3.63) is 35.4 Å². The molecule has 4 N–H and O–H groups in total. The van der Waals surface area contributed by atoms with Crippen LogP contribution in [0.4, 0.5) is 0 Å². The molecule has 104 valence electrons. The summed E-state index contributed by atoms with van der Waals surface area (Å²) in [5.74, 6) is 0. The highest BCUT2D eigenvalue weighted by atomic mass is 32.2. The molecule has 0 amide bonds. The maximum atomic E-state index is 12.1. The maximum Gasteiger partial charge on any atom is 0.242 e. The fraction of sp³-hybridized carbons (Fsp3) is 0.364. The van der Waals surface area contributed by atoms with Crippen LogP contribution in [0.1, 0.15) is 17.0 Å². The normalized spacial score (nSPS) is 11.9. The van der Waals surface area contributed by atoms with Gasteiger partial charge >= 0.3 is 0 Å². The van der Waals surface area contributed by atoms with Gasteiger partial charge in [0.05, 0.1) is 11.1 Å². The molecule has 2 aromatic heterocycles. The Kier molecular flexibility index (Phi) is 4.03. The number of nitrogens with zero attached hydrogens (tertiary/aromatic N) is 1.